The molecule has 2 fully saturated rings. The number of nitrogens with two attached hydrogens (primary N) is 1. The fraction of sp³-hybridized carbons (Fsp3) is 0.611. The highest BCUT2D eigenvalue weighted by atomic mass is 35.5. The molecule has 1 saturated carbocycles. The highest BCUT2D eigenvalue weighted by Gasteiger charge is 2.34. The molecule has 0 radical (unpaired) electrons. The molecule has 1 aliphatic carbocycles. The van der Waals surface area contributed by atoms with Crippen molar-refractivity contribution in [1.29, 1.82) is 0 Å². The fourth-order valence-electron chi connectivity index (χ4n) is 3.72. The molecule has 0 bridgehead atoms. The van der Waals surface area contributed by atoms with Crippen molar-refractivity contribution < 1.29 is 13.2 Å². The van der Waals surface area contributed by atoms with E-state index in [-0.39, 0.29) is 47.8 Å². The first-order chi connectivity index (χ1) is 11.9. The van der Waals surface area contributed by atoms with Crippen molar-refractivity contribution in [3.05, 3.63) is 35.4 Å². The van der Waals surface area contributed by atoms with Gasteiger partial charge in [-0.2, -0.15) is 0 Å². The van der Waals surface area contributed by atoms with E-state index in [0.717, 1.165) is 31.2 Å². The van der Waals surface area contributed by atoms with E-state index in [4.69, 9.17) is 5.73 Å². The van der Waals surface area contributed by atoms with Crippen molar-refractivity contribution in [3.8, 4) is 0 Å². The number of carbonyl (C=O) groups is 1. The van der Waals surface area contributed by atoms with E-state index in [0.29, 0.717) is 31.7 Å². The van der Waals surface area contributed by atoms with Gasteiger partial charge in [-0.1, -0.05) is 25.0 Å². The third-order valence-electron chi connectivity index (χ3n) is 5.36. The first-order valence-corrected chi connectivity index (χ1v) is 10.8. The molecule has 3 rings (SSSR count). The number of nitrogens with zero attached hydrogens (tertiary/aromatic N) is 1. The second kappa shape index (κ2) is 10.1. The number of amides is 1. The van der Waals surface area contributed by atoms with Crippen molar-refractivity contribution in [2.45, 2.75) is 37.8 Å². The zero-order valence-corrected chi connectivity index (χ0v) is 17.8. The number of halogens is 2. The average Bonchev–Trinajstić information content (AvgIpc) is 3.06. The minimum absolute atomic E-state index is 0. The molecule has 9 heteroatoms. The molecular weight excluding hydrogens is 409 g/mol. The number of benzene rings is 1. The second-order valence-corrected chi connectivity index (χ2v) is 9.58. The predicted octanol–water partition coefficient (Wildman–Crippen LogP) is 1.76. The van der Waals surface area contributed by atoms with Crippen LogP contribution >= 0.6 is 24.8 Å². The van der Waals surface area contributed by atoms with Crippen LogP contribution in [0.5, 0.6) is 0 Å². The molecule has 6 nitrogen and oxygen atoms in total. The summed E-state index contributed by atoms with van der Waals surface area (Å²) in [6.07, 6.45) is 4.10. The summed E-state index contributed by atoms with van der Waals surface area (Å²) in [4.78, 5) is 14.8. The summed E-state index contributed by atoms with van der Waals surface area (Å²) in [5.74, 6) is 0.355. The number of nitrogens with one attached hydrogen (secondary N) is 1. The molecule has 1 aliphatic heterocycles. The molecule has 1 heterocycles. The molecule has 0 unspecified atom stereocenters. The Morgan fingerprint density at radius 2 is 1.78 bits per heavy atom. The lowest BCUT2D eigenvalue weighted by molar-refractivity contribution is 0.0903. The maximum atomic E-state index is 12.6. The summed E-state index contributed by atoms with van der Waals surface area (Å²) >= 11 is 0. The van der Waals surface area contributed by atoms with E-state index < -0.39 is 9.84 Å². The van der Waals surface area contributed by atoms with Gasteiger partial charge in [-0.05, 0) is 30.5 Å². The molecule has 27 heavy (non-hydrogen) atoms. The molecule has 1 saturated heterocycles. The van der Waals surface area contributed by atoms with Crippen molar-refractivity contribution in [2.75, 3.05) is 31.1 Å². The first kappa shape index (κ1) is 24.2. The van der Waals surface area contributed by atoms with Gasteiger partial charge in [0.05, 0.1) is 17.0 Å². The third kappa shape index (κ3) is 6.32. The van der Waals surface area contributed by atoms with Crippen LogP contribution in [-0.2, 0) is 16.4 Å². The quantitative estimate of drug-likeness (QED) is 0.731. The first-order valence-electron chi connectivity index (χ1n) is 8.96. The number of carbonyl (C=O) groups excluding carboxylic acids is 1. The lowest BCUT2D eigenvalue weighted by Gasteiger charge is -2.29. The van der Waals surface area contributed by atoms with E-state index in [1.165, 1.54) is 0 Å². The Morgan fingerprint density at radius 3 is 2.37 bits per heavy atom. The maximum absolute atomic E-state index is 12.6. The highest BCUT2D eigenvalue weighted by Crippen LogP contribution is 2.29. The fourth-order valence-corrected chi connectivity index (χ4v) is 5.00. The standard InChI is InChI=1S/C18H27N3O3S.2ClH/c19-14-18(6-1-2-7-18)20-17(22)16-5-3-4-15(12-16)13-21-8-10-25(23,24)11-9-21;;/h3-5,12H,1-2,6-11,13-14,19H2,(H,20,22);2*1H. The van der Waals surface area contributed by atoms with E-state index in [1.807, 2.05) is 24.3 Å². The molecular formula is C18H29Cl2N3O3S. The maximum Gasteiger partial charge on any atom is 0.251 e. The molecule has 2 aliphatic rings. The van der Waals surface area contributed by atoms with Crippen LogP contribution in [0.25, 0.3) is 0 Å². The van der Waals surface area contributed by atoms with Crippen molar-refractivity contribution in [2.24, 2.45) is 5.73 Å². The van der Waals surface area contributed by atoms with E-state index in [2.05, 4.69) is 10.2 Å². The van der Waals surface area contributed by atoms with Gasteiger partial charge < -0.3 is 11.1 Å². The van der Waals surface area contributed by atoms with Gasteiger partial charge in [-0.3, -0.25) is 9.69 Å². The van der Waals surface area contributed by atoms with Crippen LogP contribution in [0.15, 0.2) is 24.3 Å². The van der Waals surface area contributed by atoms with Gasteiger partial charge in [-0.25, -0.2) is 8.42 Å². The number of sulfone groups is 1. The largest absolute Gasteiger partial charge is 0.345 e. The molecule has 0 spiro atoms. The molecule has 1 amide bonds. The summed E-state index contributed by atoms with van der Waals surface area (Å²) in [5, 5.41) is 3.14. The number of rotatable bonds is 5. The summed E-state index contributed by atoms with van der Waals surface area (Å²) in [6, 6.07) is 7.58. The van der Waals surface area contributed by atoms with Crippen LogP contribution in [0.1, 0.15) is 41.6 Å². The van der Waals surface area contributed by atoms with Crippen LogP contribution in [-0.4, -0.2) is 55.9 Å². The second-order valence-electron chi connectivity index (χ2n) is 7.27. The predicted molar refractivity (Wildman–Crippen MR) is 113 cm³/mol. The van der Waals surface area contributed by atoms with Gasteiger partial charge in [0, 0.05) is 31.7 Å². The minimum atomic E-state index is -2.87. The Balaban J connectivity index is 0.00000182. The highest BCUT2D eigenvalue weighted by molar-refractivity contribution is 7.91. The lowest BCUT2D eigenvalue weighted by Crippen LogP contribution is -2.51. The number of hydrogen-bond acceptors (Lipinski definition) is 5. The monoisotopic (exact) mass is 437 g/mol. The molecule has 1 aromatic rings. The van der Waals surface area contributed by atoms with Gasteiger partial charge >= 0.3 is 0 Å². The Bertz CT molecular complexity index is 723. The van der Waals surface area contributed by atoms with Crippen LogP contribution < -0.4 is 11.1 Å². The van der Waals surface area contributed by atoms with Gasteiger partial charge in [-0.15, -0.1) is 24.8 Å². The van der Waals surface area contributed by atoms with Gasteiger partial charge in [0.2, 0.25) is 0 Å². The summed E-state index contributed by atoms with van der Waals surface area (Å²) in [7, 11) is -2.87. The topological polar surface area (TPSA) is 92.5 Å². The van der Waals surface area contributed by atoms with Gasteiger partial charge in [0.25, 0.3) is 5.91 Å². The van der Waals surface area contributed by atoms with Crippen LogP contribution in [0, 0.1) is 0 Å². The normalized spacial score (nSPS) is 20.9. The summed E-state index contributed by atoms with van der Waals surface area (Å²) in [5.41, 5.74) is 7.31. The zero-order valence-electron chi connectivity index (χ0n) is 15.4. The Hall–Kier alpha value is -0.860. The Morgan fingerprint density at radius 1 is 1.15 bits per heavy atom. The smallest absolute Gasteiger partial charge is 0.251 e. The summed E-state index contributed by atoms with van der Waals surface area (Å²) < 4.78 is 23.1. The molecule has 0 aromatic heterocycles. The van der Waals surface area contributed by atoms with Crippen molar-refractivity contribution in [3.63, 3.8) is 0 Å². The SMILES string of the molecule is Cl.Cl.NCC1(NC(=O)c2cccc(CN3CCS(=O)(=O)CC3)c2)CCCC1. The Kier molecular flexibility index (Phi) is 9.02. The molecule has 3 N–H and O–H groups in total. The van der Waals surface area contributed by atoms with E-state index in [9.17, 15) is 13.2 Å². The van der Waals surface area contributed by atoms with Crippen LogP contribution in [0.3, 0.4) is 0 Å². The average molecular weight is 438 g/mol. The van der Waals surface area contributed by atoms with Crippen LogP contribution in [0.2, 0.25) is 0 Å². The lowest BCUT2D eigenvalue weighted by atomic mass is 9.97. The van der Waals surface area contributed by atoms with Crippen molar-refractivity contribution >= 4 is 40.6 Å². The van der Waals surface area contributed by atoms with Crippen LogP contribution in [0.4, 0.5) is 0 Å². The summed E-state index contributed by atoms with van der Waals surface area (Å²) in [6.45, 7) is 2.24. The number of hydrogen-bond donors (Lipinski definition) is 2. The molecule has 0 atom stereocenters. The molecule has 1 aromatic carbocycles. The van der Waals surface area contributed by atoms with Gasteiger partial charge in [0.15, 0.2) is 9.84 Å². The third-order valence-corrected chi connectivity index (χ3v) is 6.97. The Labute approximate surface area is 174 Å². The zero-order chi connectivity index (χ0) is 17.9. The van der Waals surface area contributed by atoms with E-state index in [1.54, 1.807) is 0 Å². The molecule has 154 valence electrons. The van der Waals surface area contributed by atoms with E-state index >= 15 is 0 Å². The van der Waals surface area contributed by atoms with Gasteiger partial charge in [0.1, 0.15) is 0 Å². The van der Waals surface area contributed by atoms with Crippen molar-refractivity contribution in [1.82, 2.24) is 10.2 Å². The minimum Gasteiger partial charge on any atom is -0.345 e.